The molecule has 0 fully saturated rings. The van der Waals surface area contributed by atoms with E-state index in [0.29, 0.717) is 0 Å². The Kier molecular flexibility index (Phi) is 16.6. The van der Waals surface area contributed by atoms with Gasteiger partial charge in [-0.2, -0.15) is 0 Å². The summed E-state index contributed by atoms with van der Waals surface area (Å²) in [6, 6.07) is 155. The first-order chi connectivity index (χ1) is 55.5. The van der Waals surface area contributed by atoms with E-state index in [4.69, 9.17) is 0 Å². The maximum Gasteiger partial charge on any atom is 0.0713 e. The van der Waals surface area contributed by atoms with E-state index in [1.165, 1.54) is 150 Å². The number of rotatable bonds is 13. The standard InChI is InChI=1S/C58H43N.C53H41N/c1-57(2)51-29-15-12-25-46(51)47-38-37-45(39-54(47)57)59(44-35-33-41(34-36-44)40-19-6-3-7-20-40)55-32-17-14-26-48(55)49-28-18-31-53-56(49)50-27-13-16-30-52(50)58(53,42-21-8-4-9-22-42)43-23-10-5-11-24-43;1-52(2)46-25-13-10-21-41(46)42-34-33-40(35-49(42)52)54(39-31-29-37(30-32-39)36-17-6-4-7-18-36)50-28-15-12-22-43(50)44-24-16-27-48-51(44)45-23-11-14-26-47(45)53(48,3)38-19-8-5-9-20-38/h3-39H,1-2H3;4-35H,1-3H3. The first kappa shape index (κ1) is 68.6. The van der Waals surface area contributed by atoms with Gasteiger partial charge in [0.05, 0.1) is 16.8 Å². The second-order valence-corrected chi connectivity index (χ2v) is 31.9. The van der Waals surface area contributed by atoms with E-state index in [2.05, 4.69) is 463 Å². The highest BCUT2D eigenvalue weighted by molar-refractivity contribution is 6.02. The average molecular weight is 1450 g/mol. The zero-order chi connectivity index (χ0) is 76.0. The Balaban J connectivity index is 0.000000147. The van der Waals surface area contributed by atoms with Gasteiger partial charge in [0, 0.05) is 50.1 Å². The van der Waals surface area contributed by atoms with Crippen molar-refractivity contribution < 1.29 is 0 Å². The summed E-state index contributed by atoms with van der Waals surface area (Å²) in [5, 5.41) is 0. The molecule has 0 radical (unpaired) electrons. The van der Waals surface area contributed by atoms with Gasteiger partial charge in [-0.25, -0.2) is 0 Å². The van der Waals surface area contributed by atoms with Crippen LogP contribution in [0.1, 0.15) is 95.8 Å². The van der Waals surface area contributed by atoms with Crippen LogP contribution in [-0.2, 0) is 21.7 Å². The maximum absolute atomic E-state index is 2.48. The highest BCUT2D eigenvalue weighted by Gasteiger charge is 2.48. The van der Waals surface area contributed by atoms with Gasteiger partial charge in [0.25, 0.3) is 0 Å². The quantitative estimate of drug-likeness (QED) is 0.114. The van der Waals surface area contributed by atoms with Crippen molar-refractivity contribution in [3.8, 4) is 89.0 Å². The smallest absolute Gasteiger partial charge is 0.0713 e. The van der Waals surface area contributed by atoms with Crippen LogP contribution in [0.25, 0.3) is 89.0 Å². The minimum atomic E-state index is -0.479. The summed E-state index contributed by atoms with van der Waals surface area (Å²) in [4.78, 5) is 4.95. The monoisotopic (exact) mass is 1440 g/mol. The first-order valence-electron chi connectivity index (χ1n) is 39.7. The van der Waals surface area contributed by atoms with Crippen LogP contribution in [0.5, 0.6) is 0 Å². The maximum atomic E-state index is 2.48. The van der Waals surface area contributed by atoms with Crippen molar-refractivity contribution in [3.05, 3.63) is 480 Å². The van der Waals surface area contributed by atoms with Crippen molar-refractivity contribution in [2.75, 3.05) is 9.80 Å². The third kappa shape index (κ3) is 11.0. The molecule has 1 unspecified atom stereocenters. The van der Waals surface area contributed by atoms with Crippen LogP contribution >= 0.6 is 0 Å². The molecule has 0 aromatic heterocycles. The molecule has 538 valence electrons. The highest BCUT2D eigenvalue weighted by Crippen LogP contribution is 2.62. The van der Waals surface area contributed by atoms with Crippen LogP contribution in [0.3, 0.4) is 0 Å². The van der Waals surface area contributed by atoms with E-state index < -0.39 is 5.41 Å². The molecule has 0 heterocycles. The summed E-state index contributed by atoms with van der Waals surface area (Å²) in [6.45, 7) is 11.9. The second-order valence-electron chi connectivity index (χ2n) is 31.9. The number of fused-ring (bicyclic) bond motifs is 12. The predicted molar refractivity (Wildman–Crippen MR) is 474 cm³/mol. The van der Waals surface area contributed by atoms with Crippen LogP contribution in [0.15, 0.2) is 419 Å². The van der Waals surface area contributed by atoms with Crippen molar-refractivity contribution in [1.82, 2.24) is 0 Å². The number of hydrogen-bond acceptors (Lipinski definition) is 2. The normalized spacial score (nSPS) is 14.8. The third-order valence-corrected chi connectivity index (χ3v) is 25.2. The molecule has 4 aliphatic carbocycles. The van der Waals surface area contributed by atoms with Gasteiger partial charge in [-0.1, -0.05) is 386 Å². The second kappa shape index (κ2) is 27.4. The largest absolute Gasteiger partial charge is 0.310 e. The number of anilines is 6. The van der Waals surface area contributed by atoms with Crippen molar-refractivity contribution in [3.63, 3.8) is 0 Å². The van der Waals surface area contributed by atoms with Gasteiger partial charge in [0.2, 0.25) is 0 Å². The van der Waals surface area contributed by atoms with E-state index in [0.717, 1.165) is 34.1 Å². The lowest BCUT2D eigenvalue weighted by Gasteiger charge is -2.34. The van der Waals surface area contributed by atoms with E-state index >= 15 is 0 Å². The van der Waals surface area contributed by atoms with Crippen molar-refractivity contribution in [2.45, 2.75) is 56.3 Å². The van der Waals surface area contributed by atoms with E-state index in [1.807, 2.05) is 0 Å². The molecule has 0 spiro atoms. The van der Waals surface area contributed by atoms with Crippen LogP contribution < -0.4 is 9.80 Å². The lowest BCUT2D eigenvalue weighted by atomic mass is 9.67. The topological polar surface area (TPSA) is 6.48 Å². The number of benzene rings is 17. The van der Waals surface area contributed by atoms with Crippen LogP contribution in [0, 0.1) is 0 Å². The van der Waals surface area contributed by atoms with Gasteiger partial charge in [-0.3, -0.25) is 0 Å². The Hall–Kier alpha value is -13.7. The van der Waals surface area contributed by atoms with Crippen LogP contribution in [0.4, 0.5) is 34.1 Å². The zero-order valence-electron chi connectivity index (χ0n) is 64.2. The van der Waals surface area contributed by atoms with Gasteiger partial charge >= 0.3 is 0 Å². The molecule has 0 bridgehead atoms. The minimum absolute atomic E-state index is 0.115. The number of nitrogens with zero attached hydrogens (tertiary/aromatic N) is 2. The van der Waals surface area contributed by atoms with Crippen molar-refractivity contribution in [1.29, 1.82) is 0 Å². The molecule has 2 nitrogen and oxygen atoms in total. The molecule has 0 N–H and O–H groups in total. The van der Waals surface area contributed by atoms with E-state index in [9.17, 15) is 0 Å². The molecule has 0 aliphatic heterocycles. The average Bonchev–Trinajstić information content (AvgIpc) is 1.54. The molecule has 4 aliphatic rings. The van der Waals surface area contributed by atoms with Crippen LogP contribution in [0.2, 0.25) is 0 Å². The summed E-state index contributed by atoms with van der Waals surface area (Å²) in [5.74, 6) is 0. The molecular formula is C111H84N2. The summed E-state index contributed by atoms with van der Waals surface area (Å²) < 4.78 is 0. The Morgan fingerprint density at radius 1 is 0.177 bits per heavy atom. The lowest BCUT2D eigenvalue weighted by molar-refractivity contribution is 0.660. The highest BCUT2D eigenvalue weighted by atomic mass is 15.2. The zero-order valence-corrected chi connectivity index (χ0v) is 64.2. The van der Waals surface area contributed by atoms with E-state index in [1.54, 1.807) is 0 Å². The predicted octanol–water partition coefficient (Wildman–Crippen LogP) is 29.3. The van der Waals surface area contributed by atoms with Gasteiger partial charge in [-0.15, -0.1) is 0 Å². The minimum Gasteiger partial charge on any atom is -0.310 e. The lowest BCUT2D eigenvalue weighted by Crippen LogP contribution is -2.28. The molecule has 17 aromatic carbocycles. The molecule has 1 atom stereocenters. The van der Waals surface area contributed by atoms with E-state index in [-0.39, 0.29) is 16.2 Å². The fourth-order valence-electron chi connectivity index (χ4n) is 19.7. The summed E-state index contributed by atoms with van der Waals surface area (Å²) in [6.07, 6.45) is 0. The van der Waals surface area contributed by atoms with Gasteiger partial charge < -0.3 is 9.80 Å². The molecule has 0 amide bonds. The Morgan fingerprint density at radius 2 is 0.469 bits per heavy atom. The van der Waals surface area contributed by atoms with Crippen LogP contribution in [-0.4, -0.2) is 0 Å². The summed E-state index contributed by atoms with van der Waals surface area (Å²) >= 11 is 0. The Bertz CT molecular complexity index is 6440. The number of para-hydroxylation sites is 2. The van der Waals surface area contributed by atoms with Crippen molar-refractivity contribution in [2.24, 2.45) is 0 Å². The Morgan fingerprint density at radius 3 is 0.912 bits per heavy atom. The SMILES string of the molecule is CC1(C)c2ccccc2-c2ccc(N(c3ccc(-c4ccccc4)cc3)c3ccccc3-c3cccc4c3-c3ccccc3C4(C)c3ccccc3)cc21.CC1(C)c2ccccc2-c2ccc(N(c3ccc(-c4ccccc4)cc3)c3ccccc3-c3cccc4c3-c3ccccc3C4(c3ccccc3)c3ccccc3)cc21. The third-order valence-electron chi connectivity index (χ3n) is 25.2. The van der Waals surface area contributed by atoms with Crippen molar-refractivity contribution >= 4 is 34.1 Å². The van der Waals surface area contributed by atoms with Gasteiger partial charge in [0.1, 0.15) is 0 Å². The summed E-state index contributed by atoms with van der Waals surface area (Å²) in [5.41, 5.74) is 40.6. The molecule has 2 heteroatoms. The molecular weight excluding hydrogens is 1360 g/mol. The number of hydrogen-bond donors (Lipinski definition) is 0. The fraction of sp³-hybridized carbons (Fsp3) is 0.0811. The van der Waals surface area contributed by atoms with Gasteiger partial charge in [0.15, 0.2) is 0 Å². The molecule has 17 aromatic rings. The fourth-order valence-corrected chi connectivity index (χ4v) is 19.7. The Labute approximate surface area is 664 Å². The molecule has 113 heavy (non-hydrogen) atoms. The van der Waals surface area contributed by atoms with Gasteiger partial charge in [-0.05, 0) is 207 Å². The molecule has 0 saturated heterocycles. The molecule has 0 saturated carbocycles. The first-order valence-corrected chi connectivity index (χ1v) is 39.7. The summed E-state index contributed by atoms with van der Waals surface area (Å²) in [7, 11) is 0. The molecule has 21 rings (SSSR count).